The monoisotopic (exact) mass is 411 g/mol. The minimum atomic E-state index is -0.242. The smallest absolute Gasteiger partial charge is 0.241 e. The molecule has 6 heteroatoms. The van der Waals surface area contributed by atoms with E-state index in [0.717, 1.165) is 25.9 Å². The van der Waals surface area contributed by atoms with Gasteiger partial charge in [-0.3, -0.25) is 19.3 Å². The van der Waals surface area contributed by atoms with E-state index in [1.54, 1.807) is 24.3 Å². The van der Waals surface area contributed by atoms with Gasteiger partial charge in [0.15, 0.2) is 0 Å². The van der Waals surface area contributed by atoms with Gasteiger partial charge in [-0.1, -0.05) is 30.7 Å². The molecular weight excluding hydrogens is 378 g/mol. The van der Waals surface area contributed by atoms with Crippen LogP contribution in [0, 0.1) is 0 Å². The fourth-order valence-electron chi connectivity index (χ4n) is 4.50. The zero-order valence-electron chi connectivity index (χ0n) is 18.6. The Labute approximate surface area is 179 Å². The van der Waals surface area contributed by atoms with Crippen molar-refractivity contribution in [2.75, 3.05) is 32.7 Å². The number of likely N-dealkylation sites (N-methyl/N-ethyl adjacent to an activating group) is 2. The minimum absolute atomic E-state index is 0.0258. The molecule has 1 aliphatic carbocycles. The van der Waals surface area contributed by atoms with Crippen molar-refractivity contribution < 1.29 is 14.4 Å². The molecule has 3 rings (SSSR count). The van der Waals surface area contributed by atoms with Gasteiger partial charge in [0.05, 0.1) is 6.54 Å². The molecule has 6 nitrogen and oxygen atoms in total. The Morgan fingerprint density at radius 2 is 1.50 bits per heavy atom. The molecule has 0 N–H and O–H groups in total. The van der Waals surface area contributed by atoms with Crippen LogP contribution in [0.1, 0.15) is 67.7 Å². The molecule has 0 bridgehead atoms. The number of hydrogen-bond donors (Lipinski definition) is 0. The van der Waals surface area contributed by atoms with Gasteiger partial charge < -0.3 is 9.80 Å². The molecule has 1 aliphatic heterocycles. The molecule has 162 valence electrons. The molecule has 2 aliphatic rings. The molecule has 0 atom stereocenters. The van der Waals surface area contributed by atoms with Crippen LogP contribution in [0.5, 0.6) is 0 Å². The van der Waals surface area contributed by atoms with Crippen LogP contribution in [0.2, 0.25) is 0 Å². The SMILES string of the molecule is CCN(C(=O)CN1CCCCC1)C1=C(N(CC)C(C)C)C(=O)c2ccccc2C1=O. The zero-order valence-corrected chi connectivity index (χ0v) is 18.6. The first kappa shape index (κ1) is 22.2. The molecule has 30 heavy (non-hydrogen) atoms. The first-order chi connectivity index (χ1) is 14.4. The molecule has 1 aromatic carbocycles. The predicted molar refractivity (Wildman–Crippen MR) is 117 cm³/mol. The third kappa shape index (κ3) is 4.19. The van der Waals surface area contributed by atoms with E-state index < -0.39 is 0 Å². The number of rotatable bonds is 7. The third-order valence-corrected chi connectivity index (χ3v) is 6.02. The molecule has 0 aromatic heterocycles. The summed E-state index contributed by atoms with van der Waals surface area (Å²) in [7, 11) is 0. The van der Waals surface area contributed by atoms with E-state index in [4.69, 9.17) is 0 Å². The average Bonchev–Trinajstić information content (AvgIpc) is 2.74. The summed E-state index contributed by atoms with van der Waals surface area (Å²) in [6, 6.07) is 6.95. The Morgan fingerprint density at radius 3 is 2.00 bits per heavy atom. The standard InChI is InChI=1S/C24H33N3O3/c1-5-26(17(3)4)21-22(24(30)19-13-9-8-12-18(19)23(21)29)27(6-2)20(28)16-25-14-10-7-11-15-25/h8-9,12-13,17H,5-7,10-11,14-16H2,1-4H3. The molecule has 1 aromatic rings. The quantitative estimate of drug-likeness (QED) is 0.689. The van der Waals surface area contributed by atoms with Crippen LogP contribution in [0.3, 0.4) is 0 Å². The topological polar surface area (TPSA) is 60.9 Å². The summed E-state index contributed by atoms with van der Waals surface area (Å²) < 4.78 is 0. The number of benzene rings is 1. The van der Waals surface area contributed by atoms with Crippen LogP contribution in [-0.2, 0) is 4.79 Å². The Bertz CT molecular complexity index is 853. The lowest BCUT2D eigenvalue weighted by Crippen LogP contribution is -2.47. The van der Waals surface area contributed by atoms with Crippen molar-refractivity contribution >= 4 is 17.5 Å². The van der Waals surface area contributed by atoms with Crippen molar-refractivity contribution in [3.63, 3.8) is 0 Å². The number of carbonyl (C=O) groups excluding carboxylic acids is 3. The number of likely N-dealkylation sites (tertiary alicyclic amines) is 1. The van der Waals surface area contributed by atoms with E-state index in [2.05, 4.69) is 4.90 Å². The maximum atomic E-state index is 13.6. The van der Waals surface area contributed by atoms with Gasteiger partial charge >= 0.3 is 0 Å². The highest BCUT2D eigenvalue weighted by Crippen LogP contribution is 2.31. The number of amides is 1. The van der Waals surface area contributed by atoms with Crippen LogP contribution in [0.15, 0.2) is 35.7 Å². The van der Waals surface area contributed by atoms with Crippen molar-refractivity contribution in [3.8, 4) is 0 Å². The summed E-state index contributed by atoms with van der Waals surface area (Å²) in [6.07, 6.45) is 3.38. The molecule has 0 unspecified atom stereocenters. The zero-order chi connectivity index (χ0) is 21.8. The van der Waals surface area contributed by atoms with Crippen LogP contribution in [0.25, 0.3) is 0 Å². The molecule has 1 saturated heterocycles. The summed E-state index contributed by atoms with van der Waals surface area (Å²) in [4.78, 5) is 46.0. The summed E-state index contributed by atoms with van der Waals surface area (Å²) in [5, 5.41) is 0. The normalized spacial score (nSPS) is 17.4. The van der Waals surface area contributed by atoms with E-state index >= 15 is 0 Å². The van der Waals surface area contributed by atoms with Gasteiger partial charge in [0, 0.05) is 30.3 Å². The molecule has 0 spiro atoms. The lowest BCUT2D eigenvalue weighted by Gasteiger charge is -2.37. The lowest BCUT2D eigenvalue weighted by atomic mass is 9.88. The molecule has 0 saturated carbocycles. The number of nitrogens with zero attached hydrogens (tertiary/aromatic N) is 3. The summed E-state index contributed by atoms with van der Waals surface area (Å²) in [5.74, 6) is -0.541. The van der Waals surface area contributed by atoms with Gasteiger partial charge in [-0.25, -0.2) is 0 Å². The Morgan fingerprint density at radius 1 is 0.933 bits per heavy atom. The second-order valence-electron chi connectivity index (χ2n) is 8.26. The molecular formula is C24H33N3O3. The Hall–Kier alpha value is -2.47. The van der Waals surface area contributed by atoms with Crippen molar-refractivity contribution in [1.82, 2.24) is 14.7 Å². The highest BCUT2D eigenvalue weighted by Gasteiger charge is 2.39. The van der Waals surface area contributed by atoms with Crippen molar-refractivity contribution in [2.24, 2.45) is 0 Å². The van der Waals surface area contributed by atoms with E-state index in [1.165, 1.54) is 11.3 Å². The first-order valence-corrected chi connectivity index (χ1v) is 11.1. The lowest BCUT2D eigenvalue weighted by molar-refractivity contribution is -0.130. The van der Waals surface area contributed by atoms with Crippen LogP contribution < -0.4 is 0 Å². The second kappa shape index (κ2) is 9.56. The number of hydrogen-bond acceptors (Lipinski definition) is 5. The van der Waals surface area contributed by atoms with E-state index in [9.17, 15) is 14.4 Å². The minimum Gasteiger partial charge on any atom is -0.364 e. The third-order valence-electron chi connectivity index (χ3n) is 6.02. The maximum Gasteiger partial charge on any atom is 0.241 e. The van der Waals surface area contributed by atoms with Gasteiger partial charge in [-0.2, -0.15) is 0 Å². The summed E-state index contributed by atoms with van der Waals surface area (Å²) in [5.41, 5.74) is 1.38. The largest absolute Gasteiger partial charge is 0.364 e. The summed E-state index contributed by atoms with van der Waals surface area (Å²) >= 11 is 0. The van der Waals surface area contributed by atoms with E-state index in [1.807, 2.05) is 32.6 Å². The van der Waals surface area contributed by atoms with E-state index in [0.29, 0.717) is 29.9 Å². The molecule has 1 fully saturated rings. The fourth-order valence-corrected chi connectivity index (χ4v) is 4.50. The Kier molecular flexibility index (Phi) is 7.08. The maximum absolute atomic E-state index is 13.6. The van der Waals surface area contributed by atoms with Gasteiger partial charge in [0.25, 0.3) is 0 Å². The molecule has 1 heterocycles. The number of Topliss-reactive ketones (excluding diaryl/α,β-unsaturated/α-hetero) is 2. The number of fused-ring (bicyclic) bond motifs is 1. The number of allylic oxidation sites excluding steroid dienone is 2. The fraction of sp³-hybridized carbons (Fsp3) is 0.542. The average molecular weight is 412 g/mol. The van der Waals surface area contributed by atoms with Gasteiger partial charge in [-0.05, 0) is 53.6 Å². The molecule has 0 radical (unpaired) electrons. The number of ketones is 2. The highest BCUT2D eigenvalue weighted by molar-refractivity contribution is 6.27. The Balaban J connectivity index is 2.07. The van der Waals surface area contributed by atoms with Gasteiger partial charge in [0.1, 0.15) is 11.4 Å². The summed E-state index contributed by atoms with van der Waals surface area (Å²) in [6.45, 7) is 10.8. The van der Waals surface area contributed by atoms with Gasteiger partial charge in [0.2, 0.25) is 17.5 Å². The van der Waals surface area contributed by atoms with Gasteiger partial charge in [-0.15, -0.1) is 0 Å². The van der Waals surface area contributed by atoms with Crippen LogP contribution in [-0.4, -0.2) is 70.9 Å². The highest BCUT2D eigenvalue weighted by atomic mass is 16.2. The first-order valence-electron chi connectivity index (χ1n) is 11.1. The van der Waals surface area contributed by atoms with Crippen LogP contribution in [0.4, 0.5) is 0 Å². The number of piperidine rings is 1. The van der Waals surface area contributed by atoms with Crippen molar-refractivity contribution in [1.29, 1.82) is 0 Å². The van der Waals surface area contributed by atoms with Crippen LogP contribution >= 0.6 is 0 Å². The van der Waals surface area contributed by atoms with Crippen molar-refractivity contribution in [2.45, 2.75) is 53.0 Å². The predicted octanol–water partition coefficient (Wildman–Crippen LogP) is 3.34. The van der Waals surface area contributed by atoms with E-state index in [-0.39, 0.29) is 35.8 Å². The molecule has 1 amide bonds. The number of carbonyl (C=O) groups is 3. The van der Waals surface area contributed by atoms with Crippen molar-refractivity contribution in [3.05, 3.63) is 46.8 Å². The second-order valence-corrected chi connectivity index (χ2v) is 8.26.